The van der Waals surface area contributed by atoms with Crippen molar-refractivity contribution >= 4 is 5.78 Å². The molecule has 0 aliphatic heterocycles. The van der Waals surface area contributed by atoms with Gasteiger partial charge >= 0.3 is 0 Å². The van der Waals surface area contributed by atoms with E-state index in [2.05, 4.69) is 0 Å². The highest BCUT2D eigenvalue weighted by Crippen LogP contribution is 2.21. The lowest BCUT2D eigenvalue weighted by Gasteiger charge is -2.12. The summed E-state index contributed by atoms with van der Waals surface area (Å²) in [5.41, 5.74) is 0.745. The molecule has 3 heteroatoms. The fourth-order valence-corrected chi connectivity index (χ4v) is 1.37. The number of Topliss-reactive ketones (excluding diaryl/α,β-unsaturated/α-hetero) is 1. The molecule has 0 saturated heterocycles. The Morgan fingerprint density at radius 2 is 1.88 bits per heavy atom. The van der Waals surface area contributed by atoms with Gasteiger partial charge in [0.1, 0.15) is 11.5 Å². The van der Waals surface area contributed by atoms with Gasteiger partial charge in [-0.2, -0.15) is 0 Å². The number of aliphatic hydroxyl groups is 1. The fraction of sp³-hybridized carbons (Fsp3) is 0.462. The maximum absolute atomic E-state index is 11.5. The highest BCUT2D eigenvalue weighted by atomic mass is 16.5. The smallest absolute Gasteiger partial charge is 0.138 e. The second kappa shape index (κ2) is 5.66. The van der Waals surface area contributed by atoms with Crippen LogP contribution in [0.15, 0.2) is 24.3 Å². The van der Waals surface area contributed by atoms with Crippen molar-refractivity contribution in [2.24, 2.45) is 5.92 Å². The monoisotopic (exact) mass is 222 g/mol. The van der Waals surface area contributed by atoms with E-state index in [9.17, 15) is 9.90 Å². The first kappa shape index (κ1) is 12.7. The van der Waals surface area contributed by atoms with E-state index in [1.54, 1.807) is 31.4 Å². The minimum atomic E-state index is -0.721. The highest BCUT2D eigenvalue weighted by Gasteiger charge is 2.15. The van der Waals surface area contributed by atoms with Crippen LogP contribution in [-0.2, 0) is 4.79 Å². The number of hydrogen-bond donors (Lipinski definition) is 1. The Balaban J connectivity index is 2.65. The summed E-state index contributed by atoms with van der Waals surface area (Å²) >= 11 is 0. The predicted octanol–water partition coefficient (Wildman–Crippen LogP) is 2.34. The molecule has 1 rings (SSSR count). The number of ketones is 1. The molecule has 1 aromatic rings. The van der Waals surface area contributed by atoms with Crippen molar-refractivity contribution in [1.82, 2.24) is 0 Å². The Bertz CT molecular complexity index is 341. The third kappa shape index (κ3) is 3.35. The van der Waals surface area contributed by atoms with Crippen molar-refractivity contribution < 1.29 is 14.6 Å². The van der Waals surface area contributed by atoms with Crippen LogP contribution in [-0.4, -0.2) is 18.0 Å². The Kier molecular flexibility index (Phi) is 4.50. The highest BCUT2D eigenvalue weighted by molar-refractivity contribution is 5.80. The van der Waals surface area contributed by atoms with Crippen LogP contribution in [0.3, 0.4) is 0 Å². The van der Waals surface area contributed by atoms with Crippen molar-refractivity contribution in [2.75, 3.05) is 7.11 Å². The van der Waals surface area contributed by atoms with E-state index in [1.165, 1.54) is 0 Å². The van der Waals surface area contributed by atoms with E-state index in [0.29, 0.717) is 0 Å². The molecule has 0 bridgehead atoms. The van der Waals surface area contributed by atoms with Crippen LogP contribution >= 0.6 is 0 Å². The zero-order valence-corrected chi connectivity index (χ0v) is 9.93. The molecule has 0 radical (unpaired) electrons. The van der Waals surface area contributed by atoms with Crippen LogP contribution in [0.1, 0.15) is 31.9 Å². The molecule has 3 nitrogen and oxygen atoms in total. The molecule has 0 fully saturated rings. The third-order valence-corrected chi connectivity index (χ3v) is 2.54. The van der Waals surface area contributed by atoms with Gasteiger partial charge in [0, 0.05) is 12.3 Å². The summed E-state index contributed by atoms with van der Waals surface area (Å²) in [5, 5.41) is 9.84. The average Bonchev–Trinajstić information content (AvgIpc) is 2.28. The molecule has 0 aliphatic rings. The van der Waals surface area contributed by atoms with Crippen LogP contribution in [0.4, 0.5) is 0 Å². The number of aliphatic hydroxyl groups excluding tert-OH is 1. The summed E-state index contributed by atoms with van der Waals surface area (Å²) in [6, 6.07) is 7.10. The fourth-order valence-electron chi connectivity index (χ4n) is 1.37. The topological polar surface area (TPSA) is 46.5 Å². The zero-order chi connectivity index (χ0) is 12.1. The van der Waals surface area contributed by atoms with Crippen LogP contribution in [0.5, 0.6) is 5.75 Å². The van der Waals surface area contributed by atoms with Gasteiger partial charge < -0.3 is 9.84 Å². The molecule has 0 aliphatic carbocycles. The Morgan fingerprint density at radius 3 is 2.31 bits per heavy atom. The summed E-state index contributed by atoms with van der Waals surface area (Å²) in [4.78, 5) is 11.5. The Hall–Kier alpha value is -1.35. The lowest BCUT2D eigenvalue weighted by molar-refractivity contribution is -0.123. The molecule has 0 spiro atoms. The molecule has 0 heterocycles. The van der Waals surface area contributed by atoms with Gasteiger partial charge in [-0.25, -0.2) is 0 Å². The molecule has 1 N–H and O–H groups in total. The van der Waals surface area contributed by atoms with Gasteiger partial charge in [-0.05, 0) is 17.7 Å². The van der Waals surface area contributed by atoms with Crippen molar-refractivity contribution in [1.29, 1.82) is 0 Å². The number of hydrogen-bond acceptors (Lipinski definition) is 3. The molecule has 0 aromatic heterocycles. The van der Waals surface area contributed by atoms with Crippen LogP contribution in [0.2, 0.25) is 0 Å². The minimum Gasteiger partial charge on any atom is -0.497 e. The minimum absolute atomic E-state index is 0.0344. The lowest BCUT2D eigenvalue weighted by Crippen LogP contribution is -2.12. The van der Waals surface area contributed by atoms with E-state index in [-0.39, 0.29) is 18.1 Å². The molecule has 1 aromatic carbocycles. The van der Waals surface area contributed by atoms with Crippen molar-refractivity contribution in [3.63, 3.8) is 0 Å². The lowest BCUT2D eigenvalue weighted by atomic mass is 9.98. The van der Waals surface area contributed by atoms with Crippen molar-refractivity contribution in [2.45, 2.75) is 26.4 Å². The van der Waals surface area contributed by atoms with Gasteiger partial charge in [-0.1, -0.05) is 26.0 Å². The molecule has 1 atom stereocenters. The zero-order valence-electron chi connectivity index (χ0n) is 9.93. The standard InChI is InChI=1S/C13H18O3/c1-9(2)12(14)8-13(15)10-4-6-11(16-3)7-5-10/h4-7,9,13,15H,8H2,1-3H3. The van der Waals surface area contributed by atoms with Crippen molar-refractivity contribution in [3.8, 4) is 5.75 Å². The number of ether oxygens (including phenoxy) is 1. The molecule has 16 heavy (non-hydrogen) atoms. The van der Waals surface area contributed by atoms with E-state index in [4.69, 9.17) is 4.74 Å². The number of benzene rings is 1. The summed E-state index contributed by atoms with van der Waals surface area (Å²) < 4.78 is 5.02. The molecular weight excluding hydrogens is 204 g/mol. The number of methoxy groups -OCH3 is 1. The second-order valence-electron chi connectivity index (χ2n) is 4.11. The first-order valence-electron chi connectivity index (χ1n) is 5.39. The van der Waals surface area contributed by atoms with E-state index in [0.717, 1.165) is 11.3 Å². The van der Waals surface area contributed by atoms with Crippen LogP contribution in [0.25, 0.3) is 0 Å². The van der Waals surface area contributed by atoms with Crippen molar-refractivity contribution in [3.05, 3.63) is 29.8 Å². The molecular formula is C13H18O3. The van der Waals surface area contributed by atoms with Gasteiger partial charge in [0.15, 0.2) is 0 Å². The predicted molar refractivity (Wildman–Crippen MR) is 62.4 cm³/mol. The largest absolute Gasteiger partial charge is 0.497 e. The van der Waals surface area contributed by atoms with Gasteiger partial charge in [-0.15, -0.1) is 0 Å². The van der Waals surface area contributed by atoms with Gasteiger partial charge in [0.05, 0.1) is 13.2 Å². The Morgan fingerprint density at radius 1 is 1.31 bits per heavy atom. The maximum Gasteiger partial charge on any atom is 0.138 e. The van der Waals surface area contributed by atoms with E-state index >= 15 is 0 Å². The first-order valence-corrected chi connectivity index (χ1v) is 5.39. The number of carbonyl (C=O) groups excluding carboxylic acids is 1. The molecule has 0 amide bonds. The Labute approximate surface area is 96.1 Å². The average molecular weight is 222 g/mol. The molecule has 1 unspecified atom stereocenters. The normalized spacial score (nSPS) is 12.6. The summed E-state index contributed by atoms with van der Waals surface area (Å²) in [7, 11) is 1.59. The van der Waals surface area contributed by atoms with Crippen LogP contribution < -0.4 is 4.74 Å². The van der Waals surface area contributed by atoms with E-state index < -0.39 is 6.10 Å². The summed E-state index contributed by atoms with van der Waals surface area (Å²) in [6.45, 7) is 3.67. The number of rotatable bonds is 5. The van der Waals surface area contributed by atoms with Gasteiger partial charge in [0.2, 0.25) is 0 Å². The maximum atomic E-state index is 11.5. The summed E-state index contributed by atoms with van der Waals surface area (Å²) in [6.07, 6.45) is -0.551. The quantitative estimate of drug-likeness (QED) is 0.831. The molecule has 0 saturated carbocycles. The first-order chi connectivity index (χ1) is 7.54. The van der Waals surface area contributed by atoms with E-state index in [1.807, 2.05) is 13.8 Å². The summed E-state index contributed by atoms with van der Waals surface area (Å²) in [5.74, 6) is 0.780. The second-order valence-corrected chi connectivity index (χ2v) is 4.11. The SMILES string of the molecule is COc1ccc(C(O)CC(=O)C(C)C)cc1. The van der Waals surface area contributed by atoms with Gasteiger partial charge in [-0.3, -0.25) is 4.79 Å². The third-order valence-electron chi connectivity index (χ3n) is 2.54. The van der Waals surface area contributed by atoms with Crippen LogP contribution in [0, 0.1) is 5.92 Å². The van der Waals surface area contributed by atoms with Gasteiger partial charge in [0.25, 0.3) is 0 Å². The number of carbonyl (C=O) groups is 1. The molecule has 88 valence electrons.